The Morgan fingerprint density at radius 3 is 2.81 bits per heavy atom. The van der Waals surface area contributed by atoms with Gasteiger partial charge in [-0.25, -0.2) is 0 Å². The van der Waals surface area contributed by atoms with Crippen LogP contribution < -0.4 is 5.32 Å². The molecule has 1 saturated heterocycles. The molecule has 2 heterocycles. The van der Waals surface area contributed by atoms with E-state index in [0.717, 1.165) is 12.4 Å². The van der Waals surface area contributed by atoms with E-state index in [1.54, 1.807) is 0 Å². The fourth-order valence-electron chi connectivity index (χ4n) is 2.12. The number of aromatic nitrogens is 2. The van der Waals surface area contributed by atoms with Gasteiger partial charge in [-0.3, -0.25) is 4.90 Å². The van der Waals surface area contributed by atoms with Gasteiger partial charge in [0.1, 0.15) is 0 Å². The van der Waals surface area contributed by atoms with Gasteiger partial charge < -0.3 is 9.84 Å². The minimum Gasteiger partial charge on any atom is -0.340 e. The summed E-state index contributed by atoms with van der Waals surface area (Å²) >= 11 is 0. The summed E-state index contributed by atoms with van der Waals surface area (Å²) in [6.07, 6.45) is 2.68. The van der Waals surface area contributed by atoms with E-state index < -0.39 is 0 Å². The number of rotatable bonds is 5. The molecule has 1 aromatic rings. The van der Waals surface area contributed by atoms with Crippen LogP contribution in [0.2, 0.25) is 0 Å². The molecule has 5 heteroatoms. The summed E-state index contributed by atoms with van der Waals surface area (Å²) < 4.78 is 4.91. The van der Waals surface area contributed by atoms with E-state index in [-0.39, 0.29) is 0 Å². The molecule has 0 bridgehead atoms. The van der Waals surface area contributed by atoms with Crippen molar-refractivity contribution < 1.29 is 4.52 Å². The molecule has 1 aliphatic rings. The molecule has 1 aromatic heterocycles. The molecule has 1 atom stereocenters. The van der Waals surface area contributed by atoms with Crippen LogP contribution in [0.15, 0.2) is 4.52 Å². The van der Waals surface area contributed by atoms with Crippen LogP contribution in [0.4, 0.5) is 0 Å². The molecule has 0 saturated carbocycles. The first-order chi connectivity index (χ1) is 7.75. The highest BCUT2D eigenvalue weighted by Crippen LogP contribution is 2.10. The first kappa shape index (κ1) is 11.5. The highest BCUT2D eigenvalue weighted by molar-refractivity contribution is 4.83. The molecule has 0 spiro atoms. The van der Waals surface area contributed by atoms with Crippen LogP contribution in [-0.2, 0) is 6.54 Å². The topological polar surface area (TPSA) is 54.2 Å². The third kappa shape index (κ3) is 3.02. The molecule has 16 heavy (non-hydrogen) atoms. The third-order valence-corrected chi connectivity index (χ3v) is 3.06. The normalized spacial score (nSPS) is 19.1. The summed E-state index contributed by atoms with van der Waals surface area (Å²) in [5.41, 5.74) is 0. The number of likely N-dealkylation sites (tertiary alicyclic amines) is 1. The van der Waals surface area contributed by atoms with Crippen molar-refractivity contribution in [3.05, 3.63) is 11.7 Å². The monoisotopic (exact) mass is 224 g/mol. The van der Waals surface area contributed by atoms with Gasteiger partial charge >= 0.3 is 0 Å². The van der Waals surface area contributed by atoms with Crippen LogP contribution in [0.3, 0.4) is 0 Å². The Bertz CT molecular complexity index is 320. The molecule has 1 unspecified atom stereocenters. The summed E-state index contributed by atoms with van der Waals surface area (Å²) in [5.74, 6) is 1.37. The van der Waals surface area contributed by atoms with Crippen LogP contribution in [0, 0.1) is 6.92 Å². The quantitative estimate of drug-likeness (QED) is 0.807. The summed E-state index contributed by atoms with van der Waals surface area (Å²) in [7, 11) is 0. The van der Waals surface area contributed by atoms with E-state index >= 15 is 0 Å². The molecule has 5 nitrogen and oxygen atoms in total. The van der Waals surface area contributed by atoms with Crippen LogP contribution in [-0.4, -0.2) is 40.7 Å². The second kappa shape index (κ2) is 5.41. The van der Waals surface area contributed by atoms with Gasteiger partial charge in [0.05, 0.1) is 6.54 Å². The van der Waals surface area contributed by atoms with Crippen molar-refractivity contribution in [1.82, 2.24) is 20.4 Å². The zero-order chi connectivity index (χ0) is 11.4. The maximum Gasteiger partial charge on any atom is 0.223 e. The van der Waals surface area contributed by atoms with E-state index in [2.05, 4.69) is 27.3 Å². The van der Waals surface area contributed by atoms with Crippen molar-refractivity contribution in [3.8, 4) is 0 Å². The number of aryl methyl sites for hydroxylation is 1. The average Bonchev–Trinajstić information content (AvgIpc) is 2.89. The zero-order valence-corrected chi connectivity index (χ0v) is 10.1. The first-order valence-electron chi connectivity index (χ1n) is 5.99. The maximum atomic E-state index is 4.91. The van der Waals surface area contributed by atoms with E-state index in [9.17, 15) is 0 Å². The largest absolute Gasteiger partial charge is 0.340 e. The predicted molar refractivity (Wildman–Crippen MR) is 61.0 cm³/mol. The van der Waals surface area contributed by atoms with Gasteiger partial charge in [0, 0.05) is 19.5 Å². The Hall–Kier alpha value is -0.940. The molecule has 1 aliphatic heterocycles. The lowest BCUT2D eigenvalue weighted by molar-refractivity contribution is 0.251. The molecular formula is C11H20N4O. The molecule has 0 amide bonds. The lowest BCUT2D eigenvalue weighted by Crippen LogP contribution is -2.38. The predicted octanol–water partition coefficient (Wildman–Crippen LogP) is 0.952. The summed E-state index contributed by atoms with van der Waals surface area (Å²) in [6.45, 7) is 8.22. The van der Waals surface area contributed by atoms with Crippen molar-refractivity contribution in [2.75, 3.05) is 19.6 Å². The Morgan fingerprint density at radius 2 is 2.19 bits per heavy atom. The SMILES string of the molecule is Cc1nc(CNCC(C)N2CCCC2)no1. The third-order valence-electron chi connectivity index (χ3n) is 3.06. The van der Waals surface area contributed by atoms with Crippen molar-refractivity contribution in [1.29, 1.82) is 0 Å². The number of hydrogen-bond acceptors (Lipinski definition) is 5. The maximum absolute atomic E-state index is 4.91. The summed E-state index contributed by atoms with van der Waals surface area (Å²) in [4.78, 5) is 6.67. The summed E-state index contributed by atoms with van der Waals surface area (Å²) in [6, 6.07) is 0.593. The minimum atomic E-state index is 0.593. The Morgan fingerprint density at radius 1 is 1.44 bits per heavy atom. The smallest absolute Gasteiger partial charge is 0.223 e. The highest BCUT2D eigenvalue weighted by atomic mass is 16.5. The lowest BCUT2D eigenvalue weighted by Gasteiger charge is -2.23. The number of hydrogen-bond donors (Lipinski definition) is 1. The molecule has 0 radical (unpaired) electrons. The van der Waals surface area contributed by atoms with Gasteiger partial charge in [0.25, 0.3) is 0 Å². The summed E-state index contributed by atoms with van der Waals surface area (Å²) in [5, 5.41) is 7.21. The van der Waals surface area contributed by atoms with E-state index in [1.807, 2.05) is 6.92 Å². The molecule has 0 aromatic carbocycles. The number of nitrogens with one attached hydrogen (secondary N) is 1. The van der Waals surface area contributed by atoms with E-state index in [4.69, 9.17) is 4.52 Å². The Kier molecular flexibility index (Phi) is 3.90. The molecule has 1 fully saturated rings. The highest BCUT2D eigenvalue weighted by Gasteiger charge is 2.17. The van der Waals surface area contributed by atoms with Gasteiger partial charge in [0.15, 0.2) is 5.82 Å². The van der Waals surface area contributed by atoms with Crippen molar-refractivity contribution in [3.63, 3.8) is 0 Å². The van der Waals surface area contributed by atoms with Crippen LogP contribution >= 0.6 is 0 Å². The zero-order valence-electron chi connectivity index (χ0n) is 10.1. The van der Waals surface area contributed by atoms with Crippen LogP contribution in [0.5, 0.6) is 0 Å². The van der Waals surface area contributed by atoms with Gasteiger partial charge in [-0.2, -0.15) is 4.98 Å². The Labute approximate surface area is 96.2 Å². The van der Waals surface area contributed by atoms with Gasteiger partial charge in [-0.1, -0.05) is 5.16 Å². The second-order valence-corrected chi connectivity index (χ2v) is 4.45. The standard InChI is InChI=1S/C11H20N4O/c1-9(15-5-3-4-6-15)7-12-8-11-13-10(2)16-14-11/h9,12H,3-8H2,1-2H3. The fraction of sp³-hybridized carbons (Fsp3) is 0.818. The van der Waals surface area contributed by atoms with Crippen LogP contribution in [0.25, 0.3) is 0 Å². The first-order valence-corrected chi connectivity index (χ1v) is 5.99. The van der Waals surface area contributed by atoms with Crippen molar-refractivity contribution in [2.24, 2.45) is 0 Å². The molecule has 2 rings (SSSR count). The average molecular weight is 224 g/mol. The molecule has 1 N–H and O–H groups in total. The second-order valence-electron chi connectivity index (χ2n) is 4.45. The van der Waals surface area contributed by atoms with Gasteiger partial charge in [0.2, 0.25) is 5.89 Å². The van der Waals surface area contributed by atoms with Crippen molar-refractivity contribution in [2.45, 2.75) is 39.3 Å². The fourth-order valence-corrected chi connectivity index (χ4v) is 2.12. The van der Waals surface area contributed by atoms with Crippen LogP contribution in [0.1, 0.15) is 31.5 Å². The lowest BCUT2D eigenvalue weighted by atomic mass is 10.3. The number of nitrogens with zero attached hydrogens (tertiary/aromatic N) is 3. The van der Waals surface area contributed by atoms with Gasteiger partial charge in [-0.15, -0.1) is 0 Å². The van der Waals surface area contributed by atoms with E-state index in [0.29, 0.717) is 18.5 Å². The van der Waals surface area contributed by atoms with Gasteiger partial charge in [-0.05, 0) is 32.9 Å². The Balaban J connectivity index is 1.67. The van der Waals surface area contributed by atoms with E-state index in [1.165, 1.54) is 25.9 Å². The molecule has 0 aliphatic carbocycles. The minimum absolute atomic E-state index is 0.593. The molecular weight excluding hydrogens is 204 g/mol. The molecule has 90 valence electrons. The van der Waals surface area contributed by atoms with Crippen molar-refractivity contribution >= 4 is 0 Å².